The minimum Gasteiger partial charge on any atom is -0.411 e. The molecule has 174 valence electrons. The van der Waals surface area contributed by atoms with Crippen molar-refractivity contribution in [3.05, 3.63) is 59.9 Å². The van der Waals surface area contributed by atoms with Gasteiger partial charge in [-0.25, -0.2) is 12.8 Å². The highest BCUT2D eigenvalue weighted by molar-refractivity contribution is 7.99. The second-order valence-electron chi connectivity index (χ2n) is 7.75. The molecule has 0 N–H and O–H groups in total. The lowest BCUT2D eigenvalue weighted by atomic mass is 10.1. The Kier molecular flexibility index (Phi) is 7.56. The summed E-state index contributed by atoms with van der Waals surface area (Å²) < 4.78 is 46.1. The van der Waals surface area contributed by atoms with Crippen LogP contribution in [0.1, 0.15) is 42.5 Å². The van der Waals surface area contributed by atoms with Crippen LogP contribution in [0.4, 0.5) is 4.39 Å². The van der Waals surface area contributed by atoms with Gasteiger partial charge in [0.15, 0.2) is 5.78 Å². The van der Waals surface area contributed by atoms with Crippen LogP contribution in [0.15, 0.2) is 63.1 Å². The highest BCUT2D eigenvalue weighted by Gasteiger charge is 2.26. The number of benzene rings is 2. The molecule has 0 bridgehead atoms. The zero-order chi connectivity index (χ0) is 23.3. The third-order valence-electron chi connectivity index (χ3n) is 5.38. The molecular formula is C23H24FN3O4S2. The lowest BCUT2D eigenvalue weighted by Crippen LogP contribution is -2.35. The maximum atomic E-state index is 13.0. The number of thioether (sulfide) groups is 1. The molecule has 3 aromatic rings. The zero-order valence-electron chi connectivity index (χ0n) is 17.9. The molecule has 1 aliphatic rings. The molecule has 0 amide bonds. The zero-order valence-corrected chi connectivity index (χ0v) is 19.6. The second-order valence-corrected chi connectivity index (χ2v) is 10.7. The summed E-state index contributed by atoms with van der Waals surface area (Å²) in [5.41, 5.74) is 1.03. The monoisotopic (exact) mass is 489 g/mol. The van der Waals surface area contributed by atoms with Crippen LogP contribution in [0.25, 0.3) is 11.5 Å². The van der Waals surface area contributed by atoms with Crippen LogP contribution in [0.2, 0.25) is 0 Å². The summed E-state index contributed by atoms with van der Waals surface area (Å²) in [4.78, 5) is 12.4. The molecule has 4 rings (SSSR count). The number of ketones is 1. The first-order valence-corrected chi connectivity index (χ1v) is 13.2. The van der Waals surface area contributed by atoms with Crippen LogP contribution in [0, 0.1) is 5.82 Å². The van der Waals surface area contributed by atoms with E-state index in [2.05, 4.69) is 10.2 Å². The number of carbonyl (C=O) groups is 1. The van der Waals surface area contributed by atoms with Crippen molar-refractivity contribution in [2.24, 2.45) is 0 Å². The van der Waals surface area contributed by atoms with Gasteiger partial charge in [-0.15, -0.1) is 10.2 Å². The van der Waals surface area contributed by atoms with Crippen molar-refractivity contribution in [2.75, 3.05) is 18.8 Å². The molecule has 0 unspecified atom stereocenters. The van der Waals surface area contributed by atoms with Gasteiger partial charge in [0.05, 0.1) is 4.90 Å². The molecule has 0 radical (unpaired) electrons. The van der Waals surface area contributed by atoms with Gasteiger partial charge in [-0.2, -0.15) is 4.31 Å². The van der Waals surface area contributed by atoms with Gasteiger partial charge in [0.2, 0.25) is 15.9 Å². The Morgan fingerprint density at radius 1 is 1.06 bits per heavy atom. The van der Waals surface area contributed by atoms with Gasteiger partial charge in [-0.3, -0.25) is 4.79 Å². The molecular weight excluding hydrogens is 465 g/mol. The molecule has 1 aliphatic heterocycles. The quantitative estimate of drug-likeness (QED) is 0.242. The number of halogens is 1. The molecule has 2 heterocycles. The van der Waals surface area contributed by atoms with Crippen LogP contribution < -0.4 is 0 Å². The number of nitrogens with zero attached hydrogens (tertiary/aromatic N) is 3. The molecule has 33 heavy (non-hydrogen) atoms. The van der Waals surface area contributed by atoms with E-state index in [9.17, 15) is 17.6 Å². The molecule has 0 atom stereocenters. The van der Waals surface area contributed by atoms with Crippen LogP contribution in [0.5, 0.6) is 0 Å². The van der Waals surface area contributed by atoms with Gasteiger partial charge in [0, 0.05) is 36.4 Å². The fourth-order valence-electron chi connectivity index (χ4n) is 3.60. The number of hydrogen-bond donors (Lipinski definition) is 0. The van der Waals surface area contributed by atoms with Crippen LogP contribution >= 0.6 is 11.8 Å². The first kappa shape index (κ1) is 23.6. The molecule has 1 saturated heterocycles. The number of rotatable bonds is 9. The Balaban J connectivity index is 1.34. The summed E-state index contributed by atoms with van der Waals surface area (Å²) in [6.45, 7) is 1.08. The third kappa shape index (κ3) is 5.87. The number of hydrogen-bond acceptors (Lipinski definition) is 7. The van der Waals surface area contributed by atoms with E-state index in [1.807, 2.05) is 0 Å². The van der Waals surface area contributed by atoms with Gasteiger partial charge in [0.25, 0.3) is 5.22 Å². The largest absolute Gasteiger partial charge is 0.411 e. The van der Waals surface area contributed by atoms with E-state index in [0.717, 1.165) is 19.3 Å². The minimum absolute atomic E-state index is 0.0476. The average Bonchev–Trinajstić information content (AvgIpc) is 3.32. The summed E-state index contributed by atoms with van der Waals surface area (Å²) in [5, 5.41) is 8.41. The van der Waals surface area contributed by atoms with E-state index in [0.29, 0.717) is 48.0 Å². The highest BCUT2D eigenvalue weighted by Crippen LogP contribution is 2.27. The summed E-state index contributed by atoms with van der Waals surface area (Å²) >= 11 is 1.33. The van der Waals surface area contributed by atoms with Crippen LogP contribution in [-0.4, -0.2) is 47.5 Å². The van der Waals surface area contributed by atoms with E-state index in [-0.39, 0.29) is 22.4 Å². The van der Waals surface area contributed by atoms with E-state index in [1.54, 1.807) is 24.3 Å². The highest BCUT2D eigenvalue weighted by atomic mass is 32.2. The van der Waals surface area contributed by atoms with Gasteiger partial charge >= 0.3 is 0 Å². The summed E-state index contributed by atoms with van der Waals surface area (Å²) in [5.74, 6) is 0.422. The Morgan fingerprint density at radius 3 is 2.58 bits per heavy atom. The number of sulfonamides is 1. The molecule has 0 aliphatic carbocycles. The fourth-order valence-corrected chi connectivity index (χ4v) is 5.86. The lowest BCUT2D eigenvalue weighted by molar-refractivity contribution is 0.0982. The SMILES string of the molecule is O=C(CCCSc1nnc(-c2cccc(S(=O)(=O)N3CCCCC3)c2)o1)c1ccc(F)cc1. The summed E-state index contributed by atoms with van der Waals surface area (Å²) in [6, 6.07) is 12.1. The first-order chi connectivity index (χ1) is 15.9. The van der Waals surface area contributed by atoms with E-state index < -0.39 is 10.0 Å². The number of Topliss-reactive ketones (excluding diaryl/α,β-unsaturated/α-hetero) is 1. The fraction of sp³-hybridized carbons (Fsp3) is 0.348. The molecule has 2 aromatic carbocycles. The average molecular weight is 490 g/mol. The summed E-state index contributed by atoms with van der Waals surface area (Å²) in [7, 11) is -3.55. The van der Waals surface area contributed by atoms with Gasteiger partial charge in [-0.05, 0) is 61.7 Å². The van der Waals surface area contributed by atoms with Crippen molar-refractivity contribution in [1.82, 2.24) is 14.5 Å². The lowest BCUT2D eigenvalue weighted by Gasteiger charge is -2.25. The minimum atomic E-state index is -3.55. The molecule has 0 saturated carbocycles. The van der Waals surface area contributed by atoms with Gasteiger partial charge < -0.3 is 4.42 Å². The van der Waals surface area contributed by atoms with Crippen molar-refractivity contribution in [2.45, 2.75) is 42.2 Å². The maximum Gasteiger partial charge on any atom is 0.276 e. The molecule has 7 nitrogen and oxygen atoms in total. The standard InChI is InChI=1S/C23H24FN3O4S2/c24-19-11-9-17(10-12-19)21(28)8-5-15-32-23-26-25-22(31-23)18-6-4-7-20(16-18)33(29,30)27-13-2-1-3-14-27/h4,6-7,9-12,16H,1-3,5,8,13-15H2. The molecule has 0 spiro atoms. The van der Waals surface area contributed by atoms with Crippen LogP contribution in [-0.2, 0) is 10.0 Å². The first-order valence-electron chi connectivity index (χ1n) is 10.8. The number of carbonyl (C=O) groups excluding carboxylic acids is 1. The van der Waals surface area contributed by atoms with Crippen molar-refractivity contribution in [3.63, 3.8) is 0 Å². The number of aromatic nitrogens is 2. The van der Waals surface area contributed by atoms with Crippen molar-refractivity contribution in [3.8, 4) is 11.5 Å². The normalized spacial score (nSPS) is 14.9. The van der Waals surface area contributed by atoms with Crippen molar-refractivity contribution < 1.29 is 22.0 Å². The molecule has 1 fully saturated rings. The summed E-state index contributed by atoms with van der Waals surface area (Å²) in [6.07, 6.45) is 3.73. The van der Waals surface area contributed by atoms with Gasteiger partial charge in [-0.1, -0.05) is 24.2 Å². The van der Waals surface area contributed by atoms with E-state index in [1.165, 1.54) is 40.3 Å². The smallest absolute Gasteiger partial charge is 0.276 e. The van der Waals surface area contributed by atoms with Crippen LogP contribution in [0.3, 0.4) is 0 Å². The topological polar surface area (TPSA) is 93.4 Å². The predicted molar refractivity (Wildman–Crippen MR) is 123 cm³/mol. The Bertz CT molecular complexity index is 1210. The van der Waals surface area contributed by atoms with Crippen molar-refractivity contribution >= 4 is 27.6 Å². The third-order valence-corrected chi connectivity index (χ3v) is 8.18. The van der Waals surface area contributed by atoms with E-state index in [4.69, 9.17) is 4.42 Å². The Morgan fingerprint density at radius 2 is 1.82 bits per heavy atom. The van der Waals surface area contributed by atoms with Crippen molar-refractivity contribution in [1.29, 1.82) is 0 Å². The molecule has 1 aromatic heterocycles. The second kappa shape index (κ2) is 10.6. The maximum absolute atomic E-state index is 13.0. The van der Waals surface area contributed by atoms with Gasteiger partial charge in [0.1, 0.15) is 5.82 Å². The van der Waals surface area contributed by atoms with E-state index >= 15 is 0 Å². The number of piperidine rings is 1. The Hall–Kier alpha value is -2.56. The predicted octanol–water partition coefficient (Wildman–Crippen LogP) is 4.81. The Labute approximate surface area is 196 Å². The molecule has 10 heteroatoms.